The number of likely N-dealkylation sites (tertiary alicyclic amines) is 1. The highest BCUT2D eigenvalue weighted by Crippen LogP contribution is 2.76. The van der Waals surface area contributed by atoms with Gasteiger partial charge in [-0.05, 0) is 42.7 Å². The monoisotopic (exact) mass is 650 g/mol. The van der Waals surface area contributed by atoms with Gasteiger partial charge in [0, 0.05) is 42.3 Å². The zero-order valence-electron chi connectivity index (χ0n) is 27.0. The van der Waals surface area contributed by atoms with Gasteiger partial charge >= 0.3 is 0 Å². The van der Waals surface area contributed by atoms with Gasteiger partial charge in [0.1, 0.15) is 23.0 Å². The number of nitrogens with one attached hydrogen (secondary N) is 1. The van der Waals surface area contributed by atoms with E-state index in [1.165, 1.54) is 19.1 Å². The lowest BCUT2D eigenvalue weighted by Gasteiger charge is -2.56. The fraction of sp³-hybridized carbons (Fsp3) is 0.316. The lowest BCUT2D eigenvalue weighted by Crippen LogP contribution is -2.71. The Morgan fingerprint density at radius 3 is 2.15 bits per heavy atom. The van der Waals surface area contributed by atoms with Crippen molar-refractivity contribution >= 4 is 11.8 Å². The van der Waals surface area contributed by atoms with Crippen molar-refractivity contribution in [2.45, 2.75) is 35.7 Å². The zero-order valence-corrected chi connectivity index (χ0v) is 27.0. The van der Waals surface area contributed by atoms with Crippen molar-refractivity contribution in [2.75, 3.05) is 34.4 Å². The van der Waals surface area contributed by atoms with Crippen LogP contribution in [0.2, 0.25) is 0 Å². The first kappa shape index (κ1) is 31.5. The van der Waals surface area contributed by atoms with Crippen molar-refractivity contribution in [3.63, 3.8) is 0 Å². The molecule has 10 heteroatoms. The summed E-state index contributed by atoms with van der Waals surface area (Å²) in [6.07, 6.45) is 0.963. The molecule has 0 unspecified atom stereocenters. The van der Waals surface area contributed by atoms with E-state index < -0.39 is 34.7 Å². The molecule has 0 spiro atoms. The number of unbranched alkanes of at least 4 members (excludes halogenated alkanes) is 1. The number of aliphatic hydroxyl groups is 2. The third-order valence-corrected chi connectivity index (χ3v) is 10.1. The molecule has 3 N–H and O–H groups in total. The maximum absolute atomic E-state index is 14.7. The Balaban J connectivity index is 1.34. The quantitative estimate of drug-likeness (QED) is 0.205. The molecule has 0 radical (unpaired) electrons. The van der Waals surface area contributed by atoms with Crippen molar-refractivity contribution in [1.82, 2.24) is 10.2 Å². The summed E-state index contributed by atoms with van der Waals surface area (Å²) in [6, 6.07) is 28.7. The largest absolute Gasteiger partial charge is 0.497 e. The van der Waals surface area contributed by atoms with E-state index in [4.69, 9.17) is 18.9 Å². The summed E-state index contributed by atoms with van der Waals surface area (Å²) in [5, 5.41) is 29.5. The van der Waals surface area contributed by atoms with Crippen molar-refractivity contribution in [3.8, 4) is 23.0 Å². The molecule has 2 heterocycles. The van der Waals surface area contributed by atoms with Crippen molar-refractivity contribution in [3.05, 3.63) is 119 Å². The number of benzene rings is 4. The maximum Gasteiger partial charge on any atom is 0.251 e. The van der Waals surface area contributed by atoms with Crippen LogP contribution in [0.15, 0.2) is 97.1 Å². The number of fused-ring (bicyclic) bond motifs is 1. The van der Waals surface area contributed by atoms with Gasteiger partial charge in [-0.15, -0.1) is 0 Å². The molecule has 4 bridgehead atoms. The van der Waals surface area contributed by atoms with E-state index in [2.05, 4.69) is 5.32 Å². The summed E-state index contributed by atoms with van der Waals surface area (Å²) in [7, 11) is 4.55. The number of rotatable bonds is 11. The number of piperidine rings is 1. The molecule has 3 aliphatic rings. The molecular weight excluding hydrogens is 612 g/mol. The highest BCUT2D eigenvalue weighted by atomic mass is 16.5. The molecule has 10 nitrogen and oxygen atoms in total. The molecule has 5 atom stereocenters. The number of nitrogens with zero attached hydrogens (tertiary/aromatic N) is 1. The van der Waals surface area contributed by atoms with Crippen LogP contribution >= 0.6 is 0 Å². The maximum atomic E-state index is 14.7. The summed E-state index contributed by atoms with van der Waals surface area (Å²) in [5.41, 5.74) is -4.07. The van der Waals surface area contributed by atoms with E-state index in [9.17, 15) is 19.8 Å². The average Bonchev–Trinajstić information content (AvgIpc) is 3.35. The van der Waals surface area contributed by atoms with Gasteiger partial charge in [-0.3, -0.25) is 9.59 Å². The van der Waals surface area contributed by atoms with Gasteiger partial charge in [0.25, 0.3) is 5.91 Å². The minimum Gasteiger partial charge on any atom is -0.497 e. The molecule has 2 aliphatic heterocycles. The highest BCUT2D eigenvalue weighted by molar-refractivity contribution is 5.94. The molecule has 7 rings (SSSR count). The van der Waals surface area contributed by atoms with Gasteiger partial charge in [-0.25, -0.2) is 0 Å². The normalized spacial score (nSPS) is 26.4. The second-order valence-electron chi connectivity index (χ2n) is 12.4. The van der Waals surface area contributed by atoms with E-state index in [0.717, 1.165) is 5.56 Å². The first-order valence-corrected chi connectivity index (χ1v) is 16.0. The number of carbonyl (C=O) groups excluding carboxylic acids is 2. The Hall–Kier alpha value is -5.06. The van der Waals surface area contributed by atoms with Crippen LogP contribution in [0, 0.1) is 5.92 Å². The second-order valence-corrected chi connectivity index (χ2v) is 12.4. The van der Waals surface area contributed by atoms with E-state index >= 15 is 0 Å². The number of amides is 2. The molecule has 0 aromatic heterocycles. The lowest BCUT2D eigenvalue weighted by atomic mass is 9.70. The van der Waals surface area contributed by atoms with E-state index in [0.29, 0.717) is 42.0 Å². The van der Waals surface area contributed by atoms with Crippen LogP contribution in [0.1, 0.15) is 45.8 Å². The van der Waals surface area contributed by atoms with Crippen molar-refractivity contribution in [1.29, 1.82) is 0 Å². The van der Waals surface area contributed by atoms with Gasteiger partial charge < -0.3 is 39.4 Å². The van der Waals surface area contributed by atoms with Gasteiger partial charge in [-0.2, -0.15) is 0 Å². The first-order chi connectivity index (χ1) is 23.3. The number of carbonyl (C=O) groups is 2. The van der Waals surface area contributed by atoms with Gasteiger partial charge in [0.05, 0.1) is 32.8 Å². The van der Waals surface area contributed by atoms with E-state index in [-0.39, 0.29) is 29.5 Å². The van der Waals surface area contributed by atoms with Crippen LogP contribution in [-0.2, 0) is 16.0 Å². The molecular formula is C38H38N2O8. The van der Waals surface area contributed by atoms with Crippen molar-refractivity contribution in [2.24, 2.45) is 5.92 Å². The van der Waals surface area contributed by atoms with E-state index in [1.807, 2.05) is 36.4 Å². The Morgan fingerprint density at radius 2 is 1.50 bits per heavy atom. The summed E-state index contributed by atoms with van der Waals surface area (Å²) >= 11 is 0. The smallest absolute Gasteiger partial charge is 0.251 e. The molecule has 1 saturated heterocycles. The van der Waals surface area contributed by atoms with Crippen LogP contribution in [-0.4, -0.2) is 67.1 Å². The fourth-order valence-electron chi connectivity index (χ4n) is 8.11. The summed E-state index contributed by atoms with van der Waals surface area (Å²) in [4.78, 5) is 28.6. The number of hydrogen-bond acceptors (Lipinski definition) is 8. The van der Waals surface area contributed by atoms with Crippen molar-refractivity contribution < 1.29 is 38.7 Å². The molecule has 1 saturated carbocycles. The van der Waals surface area contributed by atoms with Crippen LogP contribution in [0.5, 0.6) is 23.0 Å². The zero-order chi connectivity index (χ0) is 33.7. The Kier molecular flexibility index (Phi) is 7.80. The van der Waals surface area contributed by atoms with Gasteiger partial charge in [0.2, 0.25) is 11.6 Å². The summed E-state index contributed by atoms with van der Waals surface area (Å²) in [6.45, 7) is 0.469. The Labute approximate surface area is 278 Å². The van der Waals surface area contributed by atoms with Crippen LogP contribution in [0.3, 0.4) is 0 Å². The third kappa shape index (κ3) is 4.25. The number of ether oxygens (including phenoxy) is 4. The minimum atomic E-state index is -2.28. The van der Waals surface area contributed by atoms with Crippen LogP contribution < -0.4 is 24.3 Å². The predicted molar refractivity (Wildman–Crippen MR) is 176 cm³/mol. The lowest BCUT2D eigenvalue weighted by molar-refractivity contribution is -0.279. The molecule has 1 aliphatic carbocycles. The topological polar surface area (TPSA) is 127 Å². The summed E-state index contributed by atoms with van der Waals surface area (Å²) < 4.78 is 23.8. The minimum absolute atomic E-state index is 0.103. The molecule has 248 valence electrons. The fourth-order valence-corrected chi connectivity index (χ4v) is 8.11. The van der Waals surface area contributed by atoms with Gasteiger partial charge in [0.15, 0.2) is 11.2 Å². The Morgan fingerprint density at radius 1 is 0.833 bits per heavy atom. The number of hydrogen-bond donors (Lipinski definition) is 3. The summed E-state index contributed by atoms with van der Waals surface area (Å²) in [5.74, 6) is -1.04. The average molecular weight is 651 g/mol. The standard InChI is InChI=1S/C38H38N2O8/c1-45-27-18-16-26(17-19-27)37-31(24-12-6-4-7-13-24)33-35(42)40(21-11-10-20-39-34(41)25-14-8-5-9-15-25)38(37,44)36(33,43)32-29(47-3)22-28(46-2)23-30(32)48-37/h4-9,12-19,22-23,31,33,43-44H,10-11,20-21H2,1-3H3,(H,39,41)/t31-,33+,36-,37-,38+/m0/s1. The second kappa shape index (κ2) is 11.9. The molecule has 4 aromatic rings. The third-order valence-electron chi connectivity index (χ3n) is 10.1. The van der Waals surface area contributed by atoms with Crippen LogP contribution in [0.4, 0.5) is 0 Å². The molecule has 4 aromatic carbocycles. The SMILES string of the molecule is COc1ccc([C@@]23Oc4cc(OC)cc(OC)c4[C@]4(O)[C@@H](C(=O)N(CCCCNC(=O)c5ccccc5)[C@@]42O)[C@@H]3c2ccccc2)cc1. The van der Waals surface area contributed by atoms with Gasteiger partial charge in [-0.1, -0.05) is 60.7 Å². The Bertz CT molecular complexity index is 1840. The first-order valence-electron chi connectivity index (χ1n) is 16.0. The molecule has 2 fully saturated rings. The molecule has 2 amide bonds. The molecule has 48 heavy (non-hydrogen) atoms. The highest BCUT2D eigenvalue weighted by Gasteiger charge is 2.90. The predicted octanol–water partition coefficient (Wildman–Crippen LogP) is 4.34. The van der Waals surface area contributed by atoms with E-state index in [1.54, 1.807) is 67.8 Å². The number of methoxy groups -OCH3 is 3. The van der Waals surface area contributed by atoms with Crippen LogP contribution in [0.25, 0.3) is 0 Å².